The fourth-order valence-corrected chi connectivity index (χ4v) is 3.03. The molecule has 0 radical (unpaired) electrons. The van der Waals surface area contributed by atoms with Crippen molar-refractivity contribution in [1.29, 1.82) is 0 Å². The zero-order chi connectivity index (χ0) is 17.2. The minimum Gasteiger partial charge on any atom is -0.406 e. The van der Waals surface area contributed by atoms with E-state index in [0.29, 0.717) is 5.69 Å². The minimum atomic E-state index is -4.68. The largest absolute Gasteiger partial charge is 0.573 e. The van der Waals surface area contributed by atoms with E-state index >= 15 is 0 Å². The molecule has 1 heterocycles. The molecule has 1 saturated heterocycles. The van der Waals surface area contributed by atoms with Crippen LogP contribution in [0.3, 0.4) is 0 Å². The zero-order valence-corrected chi connectivity index (χ0v) is 13.1. The van der Waals surface area contributed by atoms with E-state index in [1.54, 1.807) is 12.1 Å². The lowest BCUT2D eigenvalue weighted by atomic mass is 10.0. The first-order valence-electron chi connectivity index (χ1n) is 7.93. The van der Waals surface area contributed by atoms with E-state index in [1.807, 2.05) is 18.2 Å². The SMILES string of the molecule is Nc1ccc(N2CCCCC2)c(-c2ccc(OC(F)(F)F)cc2)c1. The molecule has 3 nitrogen and oxygen atoms in total. The molecule has 0 aromatic heterocycles. The van der Waals surface area contributed by atoms with E-state index in [2.05, 4.69) is 9.64 Å². The Morgan fingerprint density at radius 2 is 1.58 bits per heavy atom. The van der Waals surface area contributed by atoms with Crippen LogP contribution in [0.15, 0.2) is 42.5 Å². The van der Waals surface area contributed by atoms with E-state index in [0.717, 1.165) is 42.7 Å². The molecule has 2 N–H and O–H groups in total. The first-order chi connectivity index (χ1) is 11.4. The number of rotatable bonds is 3. The number of benzene rings is 2. The molecule has 0 bridgehead atoms. The molecule has 0 unspecified atom stereocenters. The van der Waals surface area contributed by atoms with Crippen LogP contribution >= 0.6 is 0 Å². The average molecular weight is 336 g/mol. The molecular weight excluding hydrogens is 317 g/mol. The number of nitrogen functional groups attached to an aromatic ring is 1. The van der Waals surface area contributed by atoms with Gasteiger partial charge in [-0.3, -0.25) is 0 Å². The fraction of sp³-hybridized carbons (Fsp3) is 0.333. The number of anilines is 2. The van der Waals surface area contributed by atoms with Gasteiger partial charge in [0, 0.05) is 30.0 Å². The van der Waals surface area contributed by atoms with E-state index in [4.69, 9.17) is 5.73 Å². The Hall–Kier alpha value is -2.37. The summed E-state index contributed by atoms with van der Waals surface area (Å²) in [5, 5.41) is 0. The van der Waals surface area contributed by atoms with Crippen LogP contribution in [-0.2, 0) is 0 Å². The lowest BCUT2D eigenvalue weighted by molar-refractivity contribution is -0.274. The molecule has 1 aliphatic heterocycles. The summed E-state index contributed by atoms with van der Waals surface area (Å²) in [4.78, 5) is 2.30. The van der Waals surface area contributed by atoms with Crippen LogP contribution in [-0.4, -0.2) is 19.5 Å². The third-order valence-electron chi connectivity index (χ3n) is 4.12. The summed E-state index contributed by atoms with van der Waals surface area (Å²) in [5.74, 6) is -0.227. The Labute approximate surface area is 138 Å². The molecule has 0 atom stereocenters. The van der Waals surface area contributed by atoms with Crippen molar-refractivity contribution in [1.82, 2.24) is 0 Å². The number of hydrogen-bond acceptors (Lipinski definition) is 3. The summed E-state index contributed by atoms with van der Waals surface area (Å²) in [7, 11) is 0. The highest BCUT2D eigenvalue weighted by molar-refractivity contribution is 5.81. The lowest BCUT2D eigenvalue weighted by Crippen LogP contribution is -2.29. The second-order valence-corrected chi connectivity index (χ2v) is 5.90. The summed E-state index contributed by atoms with van der Waals surface area (Å²) in [5.41, 5.74) is 9.35. The Morgan fingerprint density at radius 1 is 0.917 bits per heavy atom. The van der Waals surface area contributed by atoms with Gasteiger partial charge in [-0.1, -0.05) is 12.1 Å². The molecule has 3 rings (SSSR count). The van der Waals surface area contributed by atoms with Gasteiger partial charge in [0.25, 0.3) is 0 Å². The van der Waals surface area contributed by atoms with Crippen molar-refractivity contribution in [2.75, 3.05) is 23.7 Å². The van der Waals surface area contributed by atoms with Crippen molar-refractivity contribution in [3.8, 4) is 16.9 Å². The van der Waals surface area contributed by atoms with E-state index in [-0.39, 0.29) is 5.75 Å². The predicted molar refractivity (Wildman–Crippen MR) is 89.0 cm³/mol. The van der Waals surface area contributed by atoms with Gasteiger partial charge < -0.3 is 15.4 Å². The smallest absolute Gasteiger partial charge is 0.406 e. The highest BCUT2D eigenvalue weighted by Crippen LogP contribution is 2.35. The normalized spacial score (nSPS) is 15.4. The average Bonchev–Trinajstić information content (AvgIpc) is 2.55. The van der Waals surface area contributed by atoms with Crippen LogP contribution in [0.2, 0.25) is 0 Å². The number of nitrogens with two attached hydrogens (primary N) is 1. The van der Waals surface area contributed by atoms with Gasteiger partial charge >= 0.3 is 6.36 Å². The first kappa shape index (κ1) is 16.5. The second kappa shape index (κ2) is 6.63. The van der Waals surface area contributed by atoms with E-state index in [1.165, 1.54) is 18.6 Å². The molecule has 2 aromatic rings. The monoisotopic (exact) mass is 336 g/mol. The third-order valence-corrected chi connectivity index (χ3v) is 4.12. The zero-order valence-electron chi connectivity index (χ0n) is 13.1. The number of nitrogens with zero attached hydrogens (tertiary/aromatic N) is 1. The van der Waals surface area contributed by atoms with Crippen molar-refractivity contribution >= 4 is 11.4 Å². The molecule has 0 aliphatic carbocycles. The predicted octanol–water partition coefficient (Wildman–Crippen LogP) is 4.82. The van der Waals surface area contributed by atoms with Crippen LogP contribution in [0.5, 0.6) is 5.75 Å². The lowest BCUT2D eigenvalue weighted by Gasteiger charge is -2.31. The molecule has 0 spiro atoms. The summed E-state index contributed by atoms with van der Waals surface area (Å²) in [6, 6.07) is 11.6. The number of ether oxygens (including phenoxy) is 1. The molecule has 0 amide bonds. The Kier molecular flexibility index (Phi) is 4.55. The van der Waals surface area contributed by atoms with Crippen molar-refractivity contribution in [3.05, 3.63) is 42.5 Å². The Bertz CT molecular complexity index is 692. The van der Waals surface area contributed by atoms with Crippen LogP contribution in [0.25, 0.3) is 11.1 Å². The molecule has 1 aliphatic rings. The van der Waals surface area contributed by atoms with Crippen LogP contribution < -0.4 is 15.4 Å². The van der Waals surface area contributed by atoms with Gasteiger partial charge in [0.15, 0.2) is 0 Å². The molecular formula is C18H19F3N2O. The van der Waals surface area contributed by atoms with Crippen LogP contribution in [0, 0.1) is 0 Å². The van der Waals surface area contributed by atoms with Gasteiger partial charge in [0.1, 0.15) is 5.75 Å². The summed E-state index contributed by atoms with van der Waals surface area (Å²) in [6.07, 6.45) is -1.17. The standard InChI is InChI=1S/C18H19F3N2O/c19-18(20,21)24-15-7-4-13(5-8-15)16-12-14(22)6-9-17(16)23-10-2-1-3-11-23/h4-9,12H,1-3,10-11,22H2. The van der Waals surface area contributed by atoms with Crippen LogP contribution in [0.4, 0.5) is 24.5 Å². The van der Waals surface area contributed by atoms with Gasteiger partial charge in [0.05, 0.1) is 0 Å². The molecule has 0 saturated carbocycles. The molecule has 1 fully saturated rings. The third kappa shape index (κ3) is 3.93. The maximum absolute atomic E-state index is 12.3. The van der Waals surface area contributed by atoms with Crippen molar-refractivity contribution in [3.63, 3.8) is 0 Å². The topological polar surface area (TPSA) is 38.5 Å². The van der Waals surface area contributed by atoms with Crippen molar-refractivity contribution in [2.24, 2.45) is 0 Å². The van der Waals surface area contributed by atoms with Gasteiger partial charge in [0.2, 0.25) is 0 Å². The van der Waals surface area contributed by atoms with Crippen LogP contribution in [0.1, 0.15) is 19.3 Å². The quantitative estimate of drug-likeness (QED) is 0.816. The number of piperidine rings is 1. The second-order valence-electron chi connectivity index (χ2n) is 5.90. The summed E-state index contributed by atoms with van der Waals surface area (Å²) >= 11 is 0. The maximum Gasteiger partial charge on any atom is 0.573 e. The molecule has 128 valence electrons. The molecule has 24 heavy (non-hydrogen) atoms. The van der Waals surface area contributed by atoms with Gasteiger partial charge in [-0.2, -0.15) is 0 Å². The number of hydrogen-bond donors (Lipinski definition) is 1. The molecule has 2 aromatic carbocycles. The Balaban J connectivity index is 1.91. The fourth-order valence-electron chi connectivity index (χ4n) is 3.03. The first-order valence-corrected chi connectivity index (χ1v) is 7.93. The highest BCUT2D eigenvalue weighted by Gasteiger charge is 2.31. The van der Waals surface area contributed by atoms with Gasteiger partial charge in [-0.25, -0.2) is 0 Å². The summed E-state index contributed by atoms with van der Waals surface area (Å²) < 4.78 is 40.8. The van der Waals surface area contributed by atoms with Gasteiger partial charge in [-0.05, 0) is 55.2 Å². The minimum absolute atomic E-state index is 0.227. The van der Waals surface area contributed by atoms with E-state index < -0.39 is 6.36 Å². The van der Waals surface area contributed by atoms with Crippen molar-refractivity contribution in [2.45, 2.75) is 25.6 Å². The van der Waals surface area contributed by atoms with Gasteiger partial charge in [-0.15, -0.1) is 13.2 Å². The Morgan fingerprint density at radius 3 is 2.21 bits per heavy atom. The summed E-state index contributed by atoms with van der Waals surface area (Å²) in [6.45, 7) is 1.96. The molecule has 6 heteroatoms. The number of halogens is 3. The highest BCUT2D eigenvalue weighted by atomic mass is 19.4. The van der Waals surface area contributed by atoms with E-state index in [9.17, 15) is 13.2 Å². The number of alkyl halides is 3. The maximum atomic E-state index is 12.3. The van der Waals surface area contributed by atoms with Crippen molar-refractivity contribution < 1.29 is 17.9 Å².